The van der Waals surface area contributed by atoms with Gasteiger partial charge >= 0.3 is 0 Å². The molecule has 0 saturated heterocycles. The van der Waals surface area contributed by atoms with Gasteiger partial charge in [-0.2, -0.15) is 9.78 Å². The van der Waals surface area contributed by atoms with Gasteiger partial charge in [0.25, 0.3) is 5.56 Å². The Hall–Kier alpha value is -3.06. The smallest absolute Gasteiger partial charge is 0.271 e. The molecule has 0 aliphatic heterocycles. The molecule has 0 saturated carbocycles. The fourth-order valence-electron chi connectivity index (χ4n) is 2.61. The van der Waals surface area contributed by atoms with Crippen molar-refractivity contribution in [3.05, 3.63) is 76.6 Å². The highest BCUT2D eigenvalue weighted by atomic mass is 32.2. The van der Waals surface area contributed by atoms with Gasteiger partial charge in [-0.1, -0.05) is 29.5 Å². The topological polar surface area (TPSA) is 73.2 Å². The molecule has 3 aromatic rings. The van der Waals surface area contributed by atoms with Crippen molar-refractivity contribution in [3.8, 4) is 11.4 Å². The Bertz CT molecular complexity index is 1030. The second kappa shape index (κ2) is 9.43. The van der Waals surface area contributed by atoms with Gasteiger partial charge in [0.15, 0.2) is 0 Å². The first kappa shape index (κ1) is 20.7. The van der Waals surface area contributed by atoms with Gasteiger partial charge in [0.1, 0.15) is 10.8 Å². The molecule has 1 aromatic heterocycles. The Labute approximate surface area is 173 Å². The summed E-state index contributed by atoms with van der Waals surface area (Å²) in [5.74, 6) is 0.615. The lowest BCUT2D eigenvalue weighted by atomic mass is 10.2. The molecule has 1 atom stereocenters. The minimum atomic E-state index is -0.391. The number of hydrogen-bond acceptors (Lipinski definition) is 5. The Kier molecular flexibility index (Phi) is 6.72. The lowest BCUT2D eigenvalue weighted by Gasteiger charge is -2.13. The molecule has 6 nitrogen and oxygen atoms in total. The number of amides is 1. The molecule has 150 valence electrons. The molecule has 0 bridgehead atoms. The Morgan fingerprint density at radius 3 is 2.45 bits per heavy atom. The van der Waals surface area contributed by atoms with E-state index in [0.29, 0.717) is 23.0 Å². The van der Waals surface area contributed by atoms with E-state index in [0.717, 1.165) is 11.3 Å². The number of nitrogens with one attached hydrogen (secondary N) is 1. The number of carbonyl (C=O) groups excluding carboxylic acids is 1. The summed E-state index contributed by atoms with van der Waals surface area (Å²) in [4.78, 5) is 24.7. The third-order valence-electron chi connectivity index (χ3n) is 4.15. The van der Waals surface area contributed by atoms with Crippen LogP contribution >= 0.6 is 11.8 Å². The number of thioether (sulfide) groups is 1. The van der Waals surface area contributed by atoms with Gasteiger partial charge in [-0.15, -0.1) is 0 Å². The van der Waals surface area contributed by atoms with Crippen LogP contribution < -0.4 is 15.6 Å². The third kappa shape index (κ3) is 5.48. The van der Waals surface area contributed by atoms with Crippen LogP contribution in [-0.4, -0.2) is 27.5 Å². The number of nitrogens with zero attached hydrogens (tertiary/aromatic N) is 2. The molecule has 1 amide bonds. The lowest BCUT2D eigenvalue weighted by Crippen LogP contribution is -2.24. The molecule has 2 aromatic carbocycles. The van der Waals surface area contributed by atoms with Crippen LogP contribution in [0.4, 0.5) is 5.69 Å². The summed E-state index contributed by atoms with van der Waals surface area (Å²) in [7, 11) is 0. The standard InChI is InChI=1S/C22H23N3O3S/c1-4-28-19-11-7-17(8-12-19)23-22(27)16(3)29-20-13-14-21(26)25(24-20)18-9-5-15(2)6-10-18/h5-14,16H,4H2,1-3H3,(H,23,27)/t16-/m0/s1. The number of aryl methyl sites for hydroxylation is 1. The Balaban J connectivity index is 1.68. The van der Waals surface area contributed by atoms with E-state index in [1.54, 1.807) is 25.1 Å². The largest absolute Gasteiger partial charge is 0.494 e. The summed E-state index contributed by atoms with van der Waals surface area (Å²) in [6.45, 7) is 6.30. The van der Waals surface area contributed by atoms with Crippen LogP contribution in [0.3, 0.4) is 0 Å². The molecule has 0 aliphatic carbocycles. The van der Waals surface area contributed by atoms with Crippen molar-refractivity contribution in [1.82, 2.24) is 9.78 Å². The minimum absolute atomic E-state index is 0.144. The second-order valence-electron chi connectivity index (χ2n) is 6.46. The van der Waals surface area contributed by atoms with E-state index in [1.807, 2.05) is 50.2 Å². The molecule has 1 heterocycles. The van der Waals surface area contributed by atoms with Crippen LogP contribution in [-0.2, 0) is 4.79 Å². The SMILES string of the molecule is CCOc1ccc(NC(=O)[C@H](C)Sc2ccc(=O)n(-c3ccc(C)cc3)n2)cc1. The fourth-order valence-corrected chi connectivity index (χ4v) is 3.41. The molecule has 3 rings (SSSR count). The summed E-state index contributed by atoms with van der Waals surface area (Å²) in [5, 5.41) is 7.49. The fraction of sp³-hybridized carbons (Fsp3) is 0.227. The number of benzene rings is 2. The highest BCUT2D eigenvalue weighted by molar-refractivity contribution is 8.00. The minimum Gasteiger partial charge on any atom is -0.494 e. The molecular weight excluding hydrogens is 386 g/mol. The van der Waals surface area contributed by atoms with Crippen molar-refractivity contribution in [2.45, 2.75) is 31.0 Å². The van der Waals surface area contributed by atoms with Crippen molar-refractivity contribution in [3.63, 3.8) is 0 Å². The van der Waals surface area contributed by atoms with Crippen LogP contribution in [0.25, 0.3) is 5.69 Å². The van der Waals surface area contributed by atoms with Gasteiger partial charge in [0.2, 0.25) is 5.91 Å². The molecule has 7 heteroatoms. The van der Waals surface area contributed by atoms with Gasteiger partial charge in [-0.3, -0.25) is 9.59 Å². The molecule has 1 N–H and O–H groups in total. The van der Waals surface area contributed by atoms with Gasteiger partial charge in [0, 0.05) is 11.8 Å². The summed E-state index contributed by atoms with van der Waals surface area (Å²) in [6.07, 6.45) is 0. The van der Waals surface area contributed by atoms with Crippen molar-refractivity contribution in [1.29, 1.82) is 0 Å². The highest BCUT2D eigenvalue weighted by Crippen LogP contribution is 2.23. The second-order valence-corrected chi connectivity index (χ2v) is 7.82. The van der Waals surface area contributed by atoms with E-state index < -0.39 is 5.25 Å². The molecule has 0 spiro atoms. The first-order valence-electron chi connectivity index (χ1n) is 9.34. The van der Waals surface area contributed by atoms with Crippen molar-refractivity contribution in [2.24, 2.45) is 0 Å². The molecule has 0 fully saturated rings. The molecule has 0 radical (unpaired) electrons. The van der Waals surface area contributed by atoms with E-state index in [-0.39, 0.29) is 11.5 Å². The van der Waals surface area contributed by atoms with E-state index in [4.69, 9.17) is 4.74 Å². The Morgan fingerprint density at radius 1 is 1.10 bits per heavy atom. The number of anilines is 1. The number of ether oxygens (including phenoxy) is 1. The predicted molar refractivity (Wildman–Crippen MR) is 116 cm³/mol. The van der Waals surface area contributed by atoms with E-state index >= 15 is 0 Å². The van der Waals surface area contributed by atoms with Gasteiger partial charge < -0.3 is 10.1 Å². The maximum atomic E-state index is 12.5. The summed E-state index contributed by atoms with van der Waals surface area (Å²) in [6, 6.07) is 17.9. The first-order chi connectivity index (χ1) is 14.0. The lowest BCUT2D eigenvalue weighted by molar-refractivity contribution is -0.115. The third-order valence-corrected chi connectivity index (χ3v) is 5.18. The van der Waals surface area contributed by atoms with E-state index in [9.17, 15) is 9.59 Å². The number of carbonyl (C=O) groups is 1. The number of rotatable bonds is 7. The van der Waals surface area contributed by atoms with Crippen molar-refractivity contribution >= 4 is 23.4 Å². The van der Waals surface area contributed by atoms with Gasteiger partial charge in [-0.05, 0) is 63.2 Å². The average Bonchev–Trinajstić information content (AvgIpc) is 2.72. The highest BCUT2D eigenvalue weighted by Gasteiger charge is 2.16. The maximum absolute atomic E-state index is 12.5. The zero-order valence-electron chi connectivity index (χ0n) is 16.6. The molecular formula is C22H23N3O3S. The normalized spacial score (nSPS) is 11.7. The van der Waals surface area contributed by atoms with E-state index in [1.165, 1.54) is 22.5 Å². The van der Waals surface area contributed by atoms with Crippen molar-refractivity contribution in [2.75, 3.05) is 11.9 Å². The zero-order chi connectivity index (χ0) is 20.8. The summed E-state index contributed by atoms with van der Waals surface area (Å²) >= 11 is 1.30. The van der Waals surface area contributed by atoms with Crippen LogP contribution in [0.5, 0.6) is 5.75 Å². The van der Waals surface area contributed by atoms with E-state index in [2.05, 4.69) is 10.4 Å². The number of aromatic nitrogens is 2. The molecule has 29 heavy (non-hydrogen) atoms. The van der Waals surface area contributed by atoms with Crippen LogP contribution in [0.15, 0.2) is 70.5 Å². The predicted octanol–water partition coefficient (Wildman–Crippen LogP) is 4.06. The van der Waals surface area contributed by atoms with Crippen LogP contribution in [0.2, 0.25) is 0 Å². The molecule has 0 unspecified atom stereocenters. The van der Waals surface area contributed by atoms with Crippen molar-refractivity contribution < 1.29 is 9.53 Å². The maximum Gasteiger partial charge on any atom is 0.271 e. The van der Waals surface area contributed by atoms with Gasteiger partial charge in [0.05, 0.1) is 17.5 Å². The van der Waals surface area contributed by atoms with Gasteiger partial charge in [-0.25, -0.2) is 0 Å². The Morgan fingerprint density at radius 2 is 1.79 bits per heavy atom. The van der Waals surface area contributed by atoms with Crippen LogP contribution in [0.1, 0.15) is 19.4 Å². The number of hydrogen-bond donors (Lipinski definition) is 1. The zero-order valence-corrected chi connectivity index (χ0v) is 17.4. The first-order valence-corrected chi connectivity index (χ1v) is 10.2. The molecule has 0 aliphatic rings. The summed E-state index contributed by atoms with van der Waals surface area (Å²) in [5.41, 5.74) is 2.27. The monoisotopic (exact) mass is 409 g/mol. The summed E-state index contributed by atoms with van der Waals surface area (Å²) < 4.78 is 6.75. The van der Waals surface area contributed by atoms with Crippen LogP contribution in [0, 0.1) is 6.92 Å². The quantitative estimate of drug-likeness (QED) is 0.596. The average molecular weight is 410 g/mol.